The number of benzene rings is 1. The molecule has 112 valence electrons. The van der Waals surface area contributed by atoms with Crippen molar-refractivity contribution in [2.45, 2.75) is 11.4 Å². The van der Waals surface area contributed by atoms with E-state index in [1.165, 1.54) is 12.1 Å². The van der Waals surface area contributed by atoms with Crippen molar-refractivity contribution >= 4 is 22.3 Å². The number of carbonyl (C=O) groups is 1. The number of hydrogen-bond acceptors (Lipinski definition) is 4. The smallest absolute Gasteiger partial charge is 0.253 e. The molecule has 0 aliphatic heterocycles. The highest BCUT2D eigenvalue weighted by Gasteiger charge is 2.06. The molecule has 3 aromatic rings. The molecule has 0 spiro atoms. The van der Waals surface area contributed by atoms with Crippen LogP contribution in [0.25, 0.3) is 5.65 Å². The van der Waals surface area contributed by atoms with E-state index in [4.69, 9.17) is 0 Å². The standard InChI is InChI=1S/C15H13N3O3S/c19-15(12-3-6-14-16-7-8-18(14)10-12)17-9-11-1-4-13(5-2-11)22(20)21/h1-8,10,22H,9H2,(H,17,19). The average molecular weight is 315 g/mol. The van der Waals surface area contributed by atoms with Crippen LogP contribution in [-0.4, -0.2) is 23.7 Å². The highest BCUT2D eigenvalue weighted by Crippen LogP contribution is 2.07. The molecule has 6 nitrogen and oxygen atoms in total. The Balaban J connectivity index is 1.68. The third-order valence-corrected chi connectivity index (χ3v) is 3.97. The molecular weight excluding hydrogens is 302 g/mol. The van der Waals surface area contributed by atoms with E-state index in [1.807, 2.05) is 0 Å². The summed E-state index contributed by atoms with van der Waals surface area (Å²) in [5, 5.41) is 2.80. The Morgan fingerprint density at radius 2 is 1.91 bits per heavy atom. The van der Waals surface area contributed by atoms with Gasteiger partial charge >= 0.3 is 0 Å². The lowest BCUT2D eigenvalue weighted by Crippen LogP contribution is -2.23. The molecule has 1 amide bonds. The maximum atomic E-state index is 12.1. The Kier molecular flexibility index (Phi) is 3.88. The van der Waals surface area contributed by atoms with E-state index in [0.717, 1.165) is 11.2 Å². The Morgan fingerprint density at radius 3 is 2.64 bits per heavy atom. The van der Waals surface area contributed by atoms with Gasteiger partial charge in [0, 0.05) is 25.1 Å². The van der Waals surface area contributed by atoms with Crippen LogP contribution in [0.3, 0.4) is 0 Å². The molecule has 0 radical (unpaired) electrons. The van der Waals surface area contributed by atoms with E-state index < -0.39 is 10.7 Å². The van der Waals surface area contributed by atoms with Crippen LogP contribution in [0.15, 0.2) is 59.9 Å². The van der Waals surface area contributed by atoms with Gasteiger partial charge in [-0.1, -0.05) is 12.1 Å². The number of nitrogens with zero attached hydrogens (tertiary/aromatic N) is 2. The molecule has 7 heteroatoms. The molecule has 0 atom stereocenters. The zero-order valence-electron chi connectivity index (χ0n) is 11.5. The van der Waals surface area contributed by atoms with Gasteiger partial charge in [-0.3, -0.25) is 4.79 Å². The van der Waals surface area contributed by atoms with E-state index in [0.29, 0.717) is 12.1 Å². The normalized spacial score (nSPS) is 11.0. The highest BCUT2D eigenvalue weighted by atomic mass is 32.2. The number of nitrogens with one attached hydrogen (secondary N) is 1. The van der Waals surface area contributed by atoms with Crippen molar-refractivity contribution < 1.29 is 13.2 Å². The summed E-state index contributed by atoms with van der Waals surface area (Å²) in [5.41, 5.74) is 2.14. The van der Waals surface area contributed by atoms with E-state index in [2.05, 4.69) is 10.3 Å². The van der Waals surface area contributed by atoms with Crippen molar-refractivity contribution in [2.24, 2.45) is 0 Å². The first kappa shape index (κ1) is 14.3. The molecule has 0 saturated carbocycles. The second-order valence-corrected chi connectivity index (χ2v) is 5.75. The first-order valence-corrected chi connectivity index (χ1v) is 7.75. The van der Waals surface area contributed by atoms with Gasteiger partial charge in [-0.2, -0.15) is 0 Å². The van der Waals surface area contributed by atoms with Gasteiger partial charge in [0.05, 0.1) is 10.5 Å². The summed E-state index contributed by atoms with van der Waals surface area (Å²) in [7, 11) is -2.57. The van der Waals surface area contributed by atoms with Crippen molar-refractivity contribution in [1.82, 2.24) is 14.7 Å². The summed E-state index contributed by atoms with van der Waals surface area (Å²) in [4.78, 5) is 16.5. The first-order chi connectivity index (χ1) is 10.6. The van der Waals surface area contributed by atoms with Crippen molar-refractivity contribution in [1.29, 1.82) is 0 Å². The number of amides is 1. The summed E-state index contributed by atoms with van der Waals surface area (Å²) < 4.78 is 23.4. The van der Waals surface area contributed by atoms with Crippen LogP contribution in [0, 0.1) is 0 Å². The quantitative estimate of drug-likeness (QED) is 0.710. The minimum atomic E-state index is -2.57. The topological polar surface area (TPSA) is 80.5 Å². The predicted molar refractivity (Wildman–Crippen MR) is 81.4 cm³/mol. The number of imidazole rings is 1. The van der Waals surface area contributed by atoms with E-state index >= 15 is 0 Å². The third-order valence-electron chi connectivity index (χ3n) is 3.25. The van der Waals surface area contributed by atoms with Crippen LogP contribution in [0.2, 0.25) is 0 Å². The molecule has 1 N–H and O–H groups in total. The van der Waals surface area contributed by atoms with E-state index in [1.54, 1.807) is 47.3 Å². The second kappa shape index (κ2) is 5.98. The molecule has 0 unspecified atom stereocenters. The molecule has 2 aromatic heterocycles. The van der Waals surface area contributed by atoms with Gasteiger partial charge in [0.1, 0.15) is 5.65 Å². The maximum absolute atomic E-state index is 12.1. The van der Waals surface area contributed by atoms with Gasteiger partial charge in [0.2, 0.25) is 0 Å². The fraction of sp³-hybridized carbons (Fsp3) is 0.0667. The molecule has 0 aliphatic carbocycles. The molecular formula is C15H13N3O3S. The minimum Gasteiger partial charge on any atom is -0.348 e. The molecule has 1 aromatic carbocycles. The number of hydrogen-bond donors (Lipinski definition) is 2. The van der Waals surface area contributed by atoms with Crippen molar-refractivity contribution in [3.05, 3.63) is 66.1 Å². The largest absolute Gasteiger partial charge is 0.348 e. The molecule has 22 heavy (non-hydrogen) atoms. The monoisotopic (exact) mass is 315 g/mol. The lowest BCUT2D eigenvalue weighted by molar-refractivity contribution is 0.0950. The zero-order chi connectivity index (χ0) is 15.5. The lowest BCUT2D eigenvalue weighted by atomic mass is 10.2. The molecule has 0 saturated heterocycles. The van der Waals surface area contributed by atoms with Gasteiger partial charge in [-0.25, -0.2) is 13.4 Å². The van der Waals surface area contributed by atoms with Crippen LogP contribution in [0.1, 0.15) is 15.9 Å². The molecule has 3 rings (SSSR count). The number of carbonyl (C=O) groups excluding carboxylic acids is 1. The van der Waals surface area contributed by atoms with E-state index in [-0.39, 0.29) is 10.8 Å². The predicted octanol–water partition coefficient (Wildman–Crippen LogP) is 1.23. The molecule has 2 heterocycles. The van der Waals surface area contributed by atoms with Gasteiger partial charge < -0.3 is 9.72 Å². The van der Waals surface area contributed by atoms with Crippen LogP contribution in [0.4, 0.5) is 0 Å². The third kappa shape index (κ3) is 2.99. The SMILES string of the molecule is O=C(NCc1ccc([SH](=O)=O)cc1)c1ccc2nccn2c1. The zero-order valence-corrected chi connectivity index (χ0v) is 12.4. The molecule has 0 bridgehead atoms. The Bertz CT molecular complexity index is 890. The number of rotatable bonds is 4. The van der Waals surface area contributed by atoms with Crippen molar-refractivity contribution in [3.8, 4) is 0 Å². The highest BCUT2D eigenvalue weighted by molar-refractivity contribution is 7.72. The van der Waals surface area contributed by atoms with Crippen LogP contribution < -0.4 is 5.32 Å². The average Bonchev–Trinajstić information content (AvgIpc) is 3.00. The lowest BCUT2D eigenvalue weighted by Gasteiger charge is -2.06. The summed E-state index contributed by atoms with van der Waals surface area (Å²) in [5.74, 6) is -0.199. The molecule has 0 aliphatic rings. The second-order valence-electron chi connectivity index (χ2n) is 4.72. The van der Waals surface area contributed by atoms with Gasteiger partial charge in [0.15, 0.2) is 10.7 Å². The Labute approximate surface area is 128 Å². The number of aromatic nitrogens is 2. The van der Waals surface area contributed by atoms with Crippen LogP contribution >= 0.6 is 0 Å². The van der Waals surface area contributed by atoms with Gasteiger partial charge in [-0.15, -0.1) is 0 Å². The summed E-state index contributed by atoms with van der Waals surface area (Å²) in [6.45, 7) is 0.330. The fourth-order valence-corrected chi connectivity index (χ4v) is 2.47. The fourth-order valence-electron chi connectivity index (χ4n) is 2.07. The number of pyridine rings is 1. The Hall–Kier alpha value is -2.67. The maximum Gasteiger partial charge on any atom is 0.253 e. The van der Waals surface area contributed by atoms with Crippen molar-refractivity contribution in [3.63, 3.8) is 0 Å². The van der Waals surface area contributed by atoms with Gasteiger partial charge in [-0.05, 0) is 29.8 Å². The van der Waals surface area contributed by atoms with Crippen LogP contribution in [0.5, 0.6) is 0 Å². The van der Waals surface area contributed by atoms with Gasteiger partial charge in [0.25, 0.3) is 5.91 Å². The first-order valence-electron chi connectivity index (χ1n) is 6.58. The summed E-state index contributed by atoms with van der Waals surface area (Å²) in [6.07, 6.45) is 5.15. The molecule has 0 fully saturated rings. The summed E-state index contributed by atoms with van der Waals surface area (Å²) in [6, 6.07) is 9.88. The number of fused-ring (bicyclic) bond motifs is 1. The van der Waals surface area contributed by atoms with E-state index in [9.17, 15) is 13.2 Å². The number of thiol groups is 1. The summed E-state index contributed by atoms with van der Waals surface area (Å²) >= 11 is 0. The minimum absolute atomic E-state index is 0.199. The Morgan fingerprint density at radius 1 is 1.14 bits per heavy atom. The van der Waals surface area contributed by atoms with Crippen LogP contribution in [-0.2, 0) is 17.2 Å². The van der Waals surface area contributed by atoms with Crippen molar-refractivity contribution in [2.75, 3.05) is 0 Å².